The van der Waals surface area contributed by atoms with E-state index in [0.29, 0.717) is 11.0 Å². The summed E-state index contributed by atoms with van der Waals surface area (Å²) in [5, 5.41) is 1.34. The molecule has 2 aromatic rings. The highest BCUT2D eigenvalue weighted by Gasteiger charge is 2.20. The van der Waals surface area contributed by atoms with E-state index < -0.39 is 17.1 Å². The summed E-state index contributed by atoms with van der Waals surface area (Å²) in [5.41, 5.74) is -0.800. The van der Waals surface area contributed by atoms with E-state index in [0.717, 1.165) is 5.03 Å². The lowest BCUT2D eigenvalue weighted by atomic mass is 10.1. The first-order chi connectivity index (χ1) is 11.1. The van der Waals surface area contributed by atoms with Crippen molar-refractivity contribution in [2.45, 2.75) is 44.9 Å². The monoisotopic (exact) mass is 348 g/mol. The normalized spacial score (nSPS) is 11.5. The fourth-order valence-corrected chi connectivity index (χ4v) is 2.63. The summed E-state index contributed by atoms with van der Waals surface area (Å²) < 4.78 is 6.49. The molecule has 0 aliphatic rings. The molecule has 2 heterocycles. The Labute approximate surface area is 144 Å². The van der Waals surface area contributed by atoms with Crippen molar-refractivity contribution >= 4 is 34.5 Å². The summed E-state index contributed by atoms with van der Waals surface area (Å²) in [6.45, 7) is 6.29. The van der Waals surface area contributed by atoms with Crippen LogP contribution in [0.25, 0.3) is 11.0 Å². The number of nitrogens with zero attached hydrogens (tertiary/aromatic N) is 2. The Bertz CT molecular complexity index is 865. The molecule has 0 amide bonds. The van der Waals surface area contributed by atoms with Crippen molar-refractivity contribution in [3.8, 4) is 0 Å². The van der Waals surface area contributed by atoms with Crippen LogP contribution < -0.4 is 5.56 Å². The quantitative estimate of drug-likeness (QED) is 0.480. The average molecular weight is 348 g/mol. The van der Waals surface area contributed by atoms with Crippen molar-refractivity contribution < 1.29 is 14.3 Å². The number of ketones is 1. The number of aromatic nitrogens is 2. The van der Waals surface area contributed by atoms with E-state index in [1.807, 2.05) is 6.26 Å². The summed E-state index contributed by atoms with van der Waals surface area (Å²) in [6.07, 6.45) is 1.87. The smallest absolute Gasteiger partial charge is 0.326 e. The van der Waals surface area contributed by atoms with E-state index in [-0.39, 0.29) is 17.9 Å². The lowest BCUT2D eigenvalue weighted by molar-refractivity contribution is -0.155. The van der Waals surface area contributed by atoms with Crippen LogP contribution >= 0.6 is 11.8 Å². The van der Waals surface area contributed by atoms with Gasteiger partial charge in [0.1, 0.15) is 17.8 Å². The number of rotatable bonds is 4. The zero-order chi connectivity index (χ0) is 18.1. The topological polar surface area (TPSA) is 78.3 Å². The van der Waals surface area contributed by atoms with Gasteiger partial charge < -0.3 is 4.74 Å². The lowest BCUT2D eigenvalue weighted by Gasteiger charge is -2.20. The van der Waals surface area contributed by atoms with Crippen LogP contribution in [0.2, 0.25) is 0 Å². The number of esters is 1. The van der Waals surface area contributed by atoms with Gasteiger partial charge >= 0.3 is 5.97 Å². The summed E-state index contributed by atoms with van der Waals surface area (Å²) in [5.74, 6) is -0.906. The summed E-state index contributed by atoms with van der Waals surface area (Å²) >= 11 is 1.43. The third-order valence-electron chi connectivity index (χ3n) is 3.21. The van der Waals surface area contributed by atoms with E-state index in [2.05, 4.69) is 4.98 Å². The molecule has 0 N–H and O–H groups in total. The molecule has 0 unspecified atom stereocenters. The molecule has 0 saturated heterocycles. The van der Waals surface area contributed by atoms with E-state index in [9.17, 15) is 14.4 Å². The molecule has 0 bridgehead atoms. The van der Waals surface area contributed by atoms with Gasteiger partial charge in [-0.3, -0.25) is 19.0 Å². The van der Waals surface area contributed by atoms with Gasteiger partial charge in [0.05, 0.1) is 10.6 Å². The SMILES string of the molecule is CSc1ccc2cc(C(C)=O)c(=O)n(CC(=O)OC(C)(C)C)c2n1. The van der Waals surface area contributed by atoms with Crippen LogP contribution in [0.1, 0.15) is 38.1 Å². The first kappa shape index (κ1) is 18.2. The predicted molar refractivity (Wildman–Crippen MR) is 93.6 cm³/mol. The van der Waals surface area contributed by atoms with E-state index in [1.165, 1.54) is 29.3 Å². The maximum absolute atomic E-state index is 12.6. The van der Waals surface area contributed by atoms with Crippen molar-refractivity contribution in [1.29, 1.82) is 0 Å². The fraction of sp³-hybridized carbons (Fsp3) is 0.412. The Hall–Kier alpha value is -2.15. The van der Waals surface area contributed by atoms with Crippen molar-refractivity contribution in [2.24, 2.45) is 0 Å². The van der Waals surface area contributed by atoms with E-state index in [4.69, 9.17) is 4.74 Å². The summed E-state index contributed by atoms with van der Waals surface area (Å²) in [7, 11) is 0. The standard InChI is InChI=1S/C17H20N2O4S/c1-10(20)12-8-11-6-7-13(24-5)18-15(11)19(16(12)22)9-14(21)23-17(2,3)4/h6-8H,9H2,1-5H3. The molecular formula is C17H20N2O4S. The second kappa shape index (κ2) is 6.76. The van der Waals surface area contributed by atoms with Gasteiger partial charge in [-0.05, 0) is 52.1 Å². The number of carbonyl (C=O) groups is 2. The second-order valence-electron chi connectivity index (χ2n) is 6.36. The third-order valence-corrected chi connectivity index (χ3v) is 3.85. The molecular weight excluding hydrogens is 328 g/mol. The summed E-state index contributed by atoms with van der Waals surface area (Å²) in [6, 6.07) is 5.10. The number of hydrogen-bond donors (Lipinski definition) is 0. The predicted octanol–water partition coefficient (Wildman–Crippen LogP) is 2.66. The number of thioether (sulfide) groups is 1. The molecule has 2 aromatic heterocycles. The highest BCUT2D eigenvalue weighted by atomic mass is 32.2. The van der Waals surface area contributed by atoms with Crippen LogP contribution in [0.3, 0.4) is 0 Å². The van der Waals surface area contributed by atoms with Crippen LogP contribution in [0.5, 0.6) is 0 Å². The highest BCUT2D eigenvalue weighted by Crippen LogP contribution is 2.18. The van der Waals surface area contributed by atoms with Gasteiger partial charge in [0.15, 0.2) is 5.78 Å². The van der Waals surface area contributed by atoms with Gasteiger partial charge in [0, 0.05) is 5.39 Å². The summed E-state index contributed by atoms with van der Waals surface area (Å²) in [4.78, 5) is 40.9. The molecule has 6 nitrogen and oxygen atoms in total. The number of hydrogen-bond acceptors (Lipinski definition) is 6. The van der Waals surface area contributed by atoms with Gasteiger partial charge in [-0.1, -0.05) is 0 Å². The number of fused-ring (bicyclic) bond motifs is 1. The molecule has 128 valence electrons. The second-order valence-corrected chi connectivity index (χ2v) is 7.18. The van der Waals surface area contributed by atoms with Crippen LogP contribution in [-0.2, 0) is 16.1 Å². The maximum Gasteiger partial charge on any atom is 0.326 e. The Morgan fingerprint density at radius 3 is 2.50 bits per heavy atom. The van der Waals surface area contributed by atoms with E-state index in [1.54, 1.807) is 32.9 Å². The molecule has 0 atom stereocenters. The number of pyridine rings is 2. The van der Waals surface area contributed by atoms with Gasteiger partial charge in [-0.15, -0.1) is 11.8 Å². The number of ether oxygens (including phenoxy) is 1. The Morgan fingerprint density at radius 2 is 1.96 bits per heavy atom. The molecule has 0 aliphatic heterocycles. The minimum atomic E-state index is -0.660. The van der Waals surface area contributed by atoms with Gasteiger partial charge in [-0.2, -0.15) is 0 Å². The van der Waals surface area contributed by atoms with Gasteiger partial charge in [0.25, 0.3) is 5.56 Å². The molecule has 0 fully saturated rings. The van der Waals surface area contributed by atoms with Crippen LogP contribution in [0.4, 0.5) is 0 Å². The van der Waals surface area contributed by atoms with Crippen LogP contribution in [0.15, 0.2) is 28.0 Å². The molecule has 0 radical (unpaired) electrons. The average Bonchev–Trinajstić information content (AvgIpc) is 2.47. The molecule has 0 aliphatic carbocycles. The van der Waals surface area contributed by atoms with Crippen molar-refractivity contribution in [2.75, 3.05) is 6.26 Å². The molecule has 0 aromatic carbocycles. The van der Waals surface area contributed by atoms with Gasteiger partial charge in [0.2, 0.25) is 0 Å². The van der Waals surface area contributed by atoms with Crippen molar-refractivity contribution in [3.05, 3.63) is 34.1 Å². The molecule has 0 saturated carbocycles. The molecule has 7 heteroatoms. The molecule has 0 spiro atoms. The molecule has 2 rings (SSSR count). The molecule has 24 heavy (non-hydrogen) atoms. The lowest BCUT2D eigenvalue weighted by Crippen LogP contribution is -2.33. The Kier molecular flexibility index (Phi) is 5.13. The first-order valence-corrected chi connectivity index (χ1v) is 8.66. The largest absolute Gasteiger partial charge is 0.459 e. The van der Waals surface area contributed by atoms with Crippen molar-refractivity contribution in [1.82, 2.24) is 9.55 Å². The minimum absolute atomic E-state index is 0.0322. The van der Waals surface area contributed by atoms with Crippen molar-refractivity contribution in [3.63, 3.8) is 0 Å². The first-order valence-electron chi connectivity index (χ1n) is 7.44. The number of carbonyl (C=O) groups excluding carboxylic acids is 2. The maximum atomic E-state index is 12.6. The number of Topliss-reactive ketones (excluding diaryl/α,β-unsaturated/α-hetero) is 1. The van der Waals surface area contributed by atoms with Gasteiger partial charge in [-0.25, -0.2) is 4.98 Å². The third kappa shape index (κ3) is 4.03. The Morgan fingerprint density at radius 1 is 1.29 bits per heavy atom. The van der Waals surface area contributed by atoms with Crippen LogP contribution in [-0.4, -0.2) is 33.2 Å². The zero-order valence-electron chi connectivity index (χ0n) is 14.4. The highest BCUT2D eigenvalue weighted by molar-refractivity contribution is 7.98. The van der Waals surface area contributed by atoms with E-state index >= 15 is 0 Å². The fourth-order valence-electron chi connectivity index (χ4n) is 2.24. The van der Waals surface area contributed by atoms with Crippen LogP contribution in [0, 0.1) is 0 Å². The zero-order valence-corrected chi connectivity index (χ0v) is 15.2. The Balaban J connectivity index is 2.63. The minimum Gasteiger partial charge on any atom is -0.459 e.